The van der Waals surface area contributed by atoms with Crippen molar-refractivity contribution in [3.63, 3.8) is 0 Å². The second-order valence-electron chi connectivity index (χ2n) is 2.33. The number of nitrogens with one attached hydrogen (secondary N) is 1. The number of likely N-dealkylation sites (N-methyl/N-ethyl adjacent to an activating group) is 1. The van der Waals surface area contributed by atoms with Crippen molar-refractivity contribution in [1.82, 2.24) is 5.32 Å². The highest BCUT2D eigenvalue weighted by Gasteiger charge is 2.12. The number of carbonyl (C=O) groups is 1. The number of hydrogen-bond acceptors (Lipinski definition) is 4. The van der Waals surface area contributed by atoms with Gasteiger partial charge in [-0.05, 0) is 13.5 Å². The van der Waals surface area contributed by atoms with Gasteiger partial charge in [0.25, 0.3) is 0 Å². The molecule has 0 aromatic carbocycles. The van der Waals surface area contributed by atoms with E-state index in [9.17, 15) is 4.79 Å². The average Bonchev–Trinajstić information content (AvgIpc) is 1.98. The van der Waals surface area contributed by atoms with Crippen LogP contribution in [0, 0.1) is 0 Å². The molecular weight excluding hydrogens is 148 g/mol. The first-order valence-corrected chi connectivity index (χ1v) is 3.40. The van der Waals surface area contributed by atoms with Crippen molar-refractivity contribution in [2.45, 2.75) is 25.1 Å². The number of rotatable bonds is 5. The Morgan fingerprint density at radius 1 is 1.73 bits per heavy atom. The lowest BCUT2D eigenvalue weighted by atomic mass is 10.1. The van der Waals surface area contributed by atoms with Gasteiger partial charge in [-0.3, -0.25) is 10.1 Å². The Morgan fingerprint density at radius 3 is 2.64 bits per heavy atom. The Bertz CT molecular complexity index is 129. The number of aliphatic hydroxyl groups excluding tert-OH is 1. The maximum atomic E-state index is 10.1. The third-order valence-electron chi connectivity index (χ3n) is 1.39. The highest BCUT2D eigenvalue weighted by molar-refractivity contribution is 5.66. The summed E-state index contributed by atoms with van der Waals surface area (Å²) in [6, 6.07) is -0.518. The highest BCUT2D eigenvalue weighted by atomic mass is 16.4. The van der Waals surface area contributed by atoms with Gasteiger partial charge in [0, 0.05) is 12.5 Å². The molecule has 1 unspecified atom stereocenters. The summed E-state index contributed by atoms with van der Waals surface area (Å²) in [5.41, 5.74) is 5.40. The van der Waals surface area contributed by atoms with Gasteiger partial charge < -0.3 is 15.9 Å². The molecule has 0 spiro atoms. The zero-order valence-corrected chi connectivity index (χ0v) is 6.45. The molecular formula is C6H14N2O3. The fraction of sp³-hybridized carbons (Fsp3) is 0.833. The number of carboxylic acid groups (broad SMARTS) is 1. The molecule has 0 heterocycles. The van der Waals surface area contributed by atoms with Gasteiger partial charge in [-0.1, -0.05) is 0 Å². The van der Waals surface area contributed by atoms with E-state index in [1.165, 1.54) is 0 Å². The molecule has 0 aromatic rings. The monoisotopic (exact) mass is 162 g/mol. The van der Waals surface area contributed by atoms with Crippen LogP contribution in [-0.4, -0.2) is 35.5 Å². The number of carboxylic acids is 1. The van der Waals surface area contributed by atoms with Crippen molar-refractivity contribution in [3.05, 3.63) is 0 Å². The first-order chi connectivity index (χ1) is 5.07. The molecule has 5 nitrogen and oxygen atoms in total. The summed E-state index contributed by atoms with van der Waals surface area (Å²) in [5.74, 6) is -0.899. The van der Waals surface area contributed by atoms with Crippen molar-refractivity contribution >= 4 is 5.97 Å². The van der Waals surface area contributed by atoms with Gasteiger partial charge in [0.2, 0.25) is 0 Å². The molecule has 0 radical (unpaired) electrons. The van der Waals surface area contributed by atoms with Gasteiger partial charge in [0.05, 0.1) is 0 Å². The van der Waals surface area contributed by atoms with Crippen molar-refractivity contribution in [1.29, 1.82) is 0 Å². The lowest BCUT2D eigenvalue weighted by Crippen LogP contribution is -2.43. The van der Waals surface area contributed by atoms with E-state index in [0.717, 1.165) is 0 Å². The standard InChI is InChI=1S/C6H14N2O3/c1-8-6(11)4(7)2-3-5(9)10/h4,6,8,11H,2-3,7H2,1H3,(H,9,10)/t4-,6?/m0/s1. The van der Waals surface area contributed by atoms with E-state index in [-0.39, 0.29) is 12.8 Å². The van der Waals surface area contributed by atoms with Crippen LogP contribution in [0.15, 0.2) is 0 Å². The van der Waals surface area contributed by atoms with Crippen LogP contribution in [0.3, 0.4) is 0 Å². The summed E-state index contributed by atoms with van der Waals surface area (Å²) in [6.07, 6.45) is -0.564. The zero-order valence-electron chi connectivity index (χ0n) is 6.45. The number of aliphatic carboxylic acids is 1. The molecule has 0 amide bonds. The van der Waals surface area contributed by atoms with Crippen LogP contribution >= 0.6 is 0 Å². The molecule has 5 N–H and O–H groups in total. The molecule has 5 heteroatoms. The molecule has 0 fully saturated rings. The molecule has 0 aromatic heterocycles. The zero-order chi connectivity index (χ0) is 8.85. The van der Waals surface area contributed by atoms with Crippen LogP contribution in [0.1, 0.15) is 12.8 Å². The minimum atomic E-state index is -0.899. The maximum Gasteiger partial charge on any atom is 0.303 e. The predicted octanol–water partition coefficient (Wildman–Crippen LogP) is -1.28. The van der Waals surface area contributed by atoms with E-state index in [4.69, 9.17) is 15.9 Å². The first kappa shape index (κ1) is 10.3. The Morgan fingerprint density at radius 2 is 2.27 bits per heavy atom. The lowest BCUT2D eigenvalue weighted by molar-refractivity contribution is -0.137. The largest absolute Gasteiger partial charge is 0.481 e. The summed E-state index contributed by atoms with van der Waals surface area (Å²) in [4.78, 5) is 10.1. The second-order valence-corrected chi connectivity index (χ2v) is 2.33. The van der Waals surface area contributed by atoms with Gasteiger partial charge in [-0.2, -0.15) is 0 Å². The Labute approximate surface area is 65.2 Å². The minimum absolute atomic E-state index is 0.0140. The van der Waals surface area contributed by atoms with Crippen molar-refractivity contribution in [3.8, 4) is 0 Å². The quantitative estimate of drug-likeness (QED) is 0.377. The summed E-state index contributed by atoms with van der Waals surface area (Å²) >= 11 is 0. The topological polar surface area (TPSA) is 95.6 Å². The van der Waals surface area contributed by atoms with E-state index in [0.29, 0.717) is 0 Å². The third kappa shape index (κ3) is 4.72. The van der Waals surface area contributed by atoms with Crippen molar-refractivity contribution in [2.75, 3.05) is 7.05 Å². The lowest BCUT2D eigenvalue weighted by Gasteiger charge is -2.16. The van der Waals surface area contributed by atoms with Gasteiger partial charge in [0.1, 0.15) is 6.23 Å². The molecule has 0 saturated carbocycles. The minimum Gasteiger partial charge on any atom is -0.481 e. The van der Waals surface area contributed by atoms with Gasteiger partial charge in [-0.25, -0.2) is 0 Å². The van der Waals surface area contributed by atoms with Crippen LogP contribution < -0.4 is 11.1 Å². The van der Waals surface area contributed by atoms with Gasteiger partial charge >= 0.3 is 5.97 Å². The number of hydrogen-bond donors (Lipinski definition) is 4. The molecule has 0 aliphatic heterocycles. The molecule has 0 rings (SSSR count). The van der Waals surface area contributed by atoms with E-state index in [2.05, 4.69) is 5.32 Å². The van der Waals surface area contributed by atoms with E-state index in [1.54, 1.807) is 7.05 Å². The van der Waals surface area contributed by atoms with Crippen LogP contribution in [0.2, 0.25) is 0 Å². The van der Waals surface area contributed by atoms with Crippen molar-refractivity contribution in [2.24, 2.45) is 5.73 Å². The van der Waals surface area contributed by atoms with E-state index >= 15 is 0 Å². The fourth-order valence-electron chi connectivity index (χ4n) is 0.662. The van der Waals surface area contributed by atoms with Gasteiger partial charge in [-0.15, -0.1) is 0 Å². The highest BCUT2D eigenvalue weighted by Crippen LogP contribution is 1.96. The molecule has 2 atom stereocenters. The molecule has 0 bridgehead atoms. The van der Waals surface area contributed by atoms with Crippen LogP contribution in [0.4, 0.5) is 0 Å². The van der Waals surface area contributed by atoms with Crippen molar-refractivity contribution < 1.29 is 15.0 Å². The van der Waals surface area contributed by atoms with Crippen LogP contribution in [-0.2, 0) is 4.79 Å². The summed E-state index contributed by atoms with van der Waals surface area (Å²) in [6.45, 7) is 0. The Balaban J connectivity index is 3.51. The molecule has 66 valence electrons. The normalized spacial score (nSPS) is 15.9. The van der Waals surface area contributed by atoms with E-state index in [1.807, 2.05) is 0 Å². The van der Waals surface area contributed by atoms with Crippen LogP contribution in [0.5, 0.6) is 0 Å². The molecule has 0 saturated heterocycles. The predicted molar refractivity (Wildman–Crippen MR) is 39.9 cm³/mol. The molecule has 0 aliphatic carbocycles. The second kappa shape index (κ2) is 5.06. The maximum absolute atomic E-state index is 10.1. The Hall–Kier alpha value is -0.650. The third-order valence-corrected chi connectivity index (χ3v) is 1.39. The SMILES string of the molecule is CNC(O)[C@@H](N)CCC(=O)O. The van der Waals surface area contributed by atoms with E-state index < -0.39 is 18.2 Å². The van der Waals surface area contributed by atoms with Gasteiger partial charge in [0.15, 0.2) is 0 Å². The summed E-state index contributed by atoms with van der Waals surface area (Å²) in [5, 5.41) is 19.8. The molecule has 11 heavy (non-hydrogen) atoms. The molecule has 0 aliphatic rings. The summed E-state index contributed by atoms with van der Waals surface area (Å²) in [7, 11) is 1.56. The van der Waals surface area contributed by atoms with Crippen LogP contribution in [0.25, 0.3) is 0 Å². The Kier molecular flexibility index (Phi) is 4.76. The average molecular weight is 162 g/mol. The first-order valence-electron chi connectivity index (χ1n) is 3.40. The summed E-state index contributed by atoms with van der Waals surface area (Å²) < 4.78 is 0. The number of aliphatic hydroxyl groups is 1. The smallest absolute Gasteiger partial charge is 0.303 e. The fourth-order valence-corrected chi connectivity index (χ4v) is 0.662. The number of nitrogens with two attached hydrogens (primary N) is 1.